The van der Waals surface area contributed by atoms with E-state index in [0.717, 1.165) is 37.9 Å². The molecule has 2 fully saturated rings. The van der Waals surface area contributed by atoms with E-state index < -0.39 is 23.7 Å². The zero-order valence-corrected chi connectivity index (χ0v) is 20.2. The molecule has 0 atom stereocenters. The van der Waals surface area contributed by atoms with Crippen molar-refractivity contribution in [2.45, 2.75) is 19.6 Å². The molecule has 0 saturated carbocycles. The van der Waals surface area contributed by atoms with Crippen LogP contribution in [0.5, 0.6) is 5.88 Å². The number of pyridine rings is 1. The van der Waals surface area contributed by atoms with Crippen LogP contribution < -0.4 is 20.7 Å². The number of piperazine rings is 1. The number of primary amides is 1. The number of nitrogens with zero attached hydrogens (tertiary/aromatic N) is 6. The molecular formula is C23H27F3N8O3. The molecule has 5 rings (SSSR count). The number of fused-ring (bicyclic) bond motifs is 1. The maximum absolute atomic E-state index is 14.2. The van der Waals surface area contributed by atoms with Crippen molar-refractivity contribution < 1.29 is 27.4 Å². The van der Waals surface area contributed by atoms with E-state index in [0.29, 0.717) is 44.2 Å². The van der Waals surface area contributed by atoms with Crippen molar-refractivity contribution in [1.82, 2.24) is 29.8 Å². The molecule has 0 aliphatic carbocycles. The fraction of sp³-hybridized carbons (Fsp3) is 0.478. The highest BCUT2D eigenvalue weighted by Crippen LogP contribution is 2.41. The van der Waals surface area contributed by atoms with Crippen LogP contribution in [0.2, 0.25) is 0 Å². The first-order chi connectivity index (χ1) is 17.7. The Bertz CT molecular complexity index is 1300. The van der Waals surface area contributed by atoms with Crippen molar-refractivity contribution in [3.8, 4) is 17.3 Å². The second kappa shape index (κ2) is 10.1. The van der Waals surface area contributed by atoms with E-state index in [2.05, 4.69) is 30.0 Å². The number of aromatic nitrogens is 4. The number of anilines is 1. The van der Waals surface area contributed by atoms with E-state index in [1.54, 1.807) is 4.52 Å². The SMILES string of the molecule is Cc1c(OC(N)=O)ncc(-c2nc(N3CCOCC3)c3cc(CN4CCNCC4)cn3n2)c1C(F)(F)F. The number of alkyl halides is 3. The van der Waals surface area contributed by atoms with Gasteiger partial charge in [0.2, 0.25) is 5.88 Å². The van der Waals surface area contributed by atoms with Crippen molar-refractivity contribution in [3.63, 3.8) is 0 Å². The molecule has 3 N–H and O–H groups in total. The van der Waals surface area contributed by atoms with Crippen LogP contribution in [-0.4, -0.2) is 83.1 Å². The number of nitrogens with one attached hydrogen (secondary N) is 1. The zero-order valence-electron chi connectivity index (χ0n) is 20.2. The third-order valence-electron chi connectivity index (χ3n) is 6.42. The van der Waals surface area contributed by atoms with Crippen LogP contribution in [-0.2, 0) is 17.5 Å². The van der Waals surface area contributed by atoms with Crippen molar-refractivity contribution in [1.29, 1.82) is 0 Å². The summed E-state index contributed by atoms with van der Waals surface area (Å²) >= 11 is 0. The number of carbonyl (C=O) groups excluding carboxylic acids is 1. The Hall–Kier alpha value is -3.49. The van der Waals surface area contributed by atoms with E-state index in [-0.39, 0.29) is 17.0 Å². The van der Waals surface area contributed by atoms with E-state index in [1.807, 2.05) is 17.2 Å². The summed E-state index contributed by atoms with van der Waals surface area (Å²) in [5.74, 6) is -0.146. The predicted molar refractivity (Wildman–Crippen MR) is 127 cm³/mol. The van der Waals surface area contributed by atoms with Crippen LogP contribution in [0.4, 0.5) is 23.8 Å². The highest BCUT2D eigenvalue weighted by molar-refractivity contribution is 5.74. The highest BCUT2D eigenvalue weighted by atomic mass is 19.4. The van der Waals surface area contributed by atoms with Gasteiger partial charge in [-0.3, -0.25) is 4.90 Å². The number of ether oxygens (including phenoxy) is 2. The van der Waals surface area contributed by atoms with Gasteiger partial charge < -0.3 is 25.4 Å². The topological polar surface area (TPSA) is 123 Å². The molecule has 5 heterocycles. The van der Waals surface area contributed by atoms with Gasteiger partial charge in [0.15, 0.2) is 11.6 Å². The van der Waals surface area contributed by atoms with E-state index in [1.165, 1.54) is 6.92 Å². The molecule has 0 bridgehead atoms. The van der Waals surface area contributed by atoms with Gasteiger partial charge in [-0.2, -0.15) is 13.2 Å². The molecule has 0 spiro atoms. The Labute approximate surface area is 210 Å². The molecule has 2 saturated heterocycles. The molecule has 3 aromatic heterocycles. The molecule has 0 radical (unpaired) electrons. The number of amides is 1. The van der Waals surface area contributed by atoms with Gasteiger partial charge in [-0.15, -0.1) is 5.10 Å². The summed E-state index contributed by atoms with van der Waals surface area (Å²) in [7, 11) is 0. The smallest absolute Gasteiger partial charge is 0.391 e. The Kier molecular flexibility index (Phi) is 6.88. The summed E-state index contributed by atoms with van der Waals surface area (Å²) in [5.41, 5.74) is 4.94. The first-order valence-corrected chi connectivity index (χ1v) is 11.9. The van der Waals surface area contributed by atoms with Gasteiger partial charge in [-0.25, -0.2) is 19.3 Å². The van der Waals surface area contributed by atoms with Crippen molar-refractivity contribution in [2.75, 3.05) is 57.4 Å². The number of nitrogens with two attached hydrogens (primary N) is 1. The van der Waals surface area contributed by atoms with Gasteiger partial charge in [-0.05, 0) is 18.6 Å². The van der Waals surface area contributed by atoms with Gasteiger partial charge in [-0.1, -0.05) is 0 Å². The number of halogens is 3. The van der Waals surface area contributed by atoms with Gasteiger partial charge in [0.05, 0.1) is 24.3 Å². The standard InChI is InChI=1S/C23H27F3N8O3/c1-14-18(23(24,25)26)16(11-29-21(14)37-22(27)35)19-30-20(33-6-8-36-9-7-33)17-10-15(13-34(17)31-19)12-32-4-2-28-3-5-32/h10-11,13,28H,2-9,12H2,1H3,(H2,27,35). The van der Waals surface area contributed by atoms with Crippen LogP contribution in [0.3, 0.4) is 0 Å². The zero-order chi connectivity index (χ0) is 26.2. The normalized spacial score (nSPS) is 17.4. The number of rotatable bonds is 5. The van der Waals surface area contributed by atoms with Crippen molar-refractivity contribution in [3.05, 3.63) is 35.2 Å². The van der Waals surface area contributed by atoms with E-state index in [4.69, 9.17) is 10.5 Å². The number of hydrogen-bond acceptors (Lipinski definition) is 9. The minimum atomic E-state index is -4.79. The molecule has 3 aromatic rings. The molecule has 37 heavy (non-hydrogen) atoms. The molecule has 2 aliphatic rings. The summed E-state index contributed by atoms with van der Waals surface area (Å²) in [6, 6.07) is 1.98. The average Bonchev–Trinajstić information content (AvgIpc) is 3.27. The number of hydrogen-bond donors (Lipinski definition) is 2. The molecule has 14 heteroatoms. The summed E-state index contributed by atoms with van der Waals surface area (Å²) in [4.78, 5) is 24.0. The Morgan fingerprint density at radius 2 is 1.95 bits per heavy atom. The third-order valence-corrected chi connectivity index (χ3v) is 6.42. The van der Waals surface area contributed by atoms with Gasteiger partial charge in [0, 0.05) is 63.8 Å². The monoisotopic (exact) mass is 520 g/mol. The first kappa shape index (κ1) is 25.2. The third kappa shape index (κ3) is 5.31. The Morgan fingerprint density at radius 1 is 1.22 bits per heavy atom. The second-order valence-corrected chi connectivity index (χ2v) is 8.96. The van der Waals surface area contributed by atoms with Gasteiger partial charge in [0.1, 0.15) is 5.52 Å². The lowest BCUT2D eigenvalue weighted by molar-refractivity contribution is -0.137. The lowest BCUT2D eigenvalue weighted by Crippen LogP contribution is -2.42. The fourth-order valence-corrected chi connectivity index (χ4v) is 4.70. The van der Waals surface area contributed by atoms with E-state index >= 15 is 0 Å². The molecular weight excluding hydrogens is 493 g/mol. The highest BCUT2D eigenvalue weighted by Gasteiger charge is 2.39. The summed E-state index contributed by atoms with van der Waals surface area (Å²) in [6.45, 7) is 7.50. The minimum Gasteiger partial charge on any atom is -0.391 e. The molecule has 198 valence electrons. The molecule has 0 unspecified atom stereocenters. The van der Waals surface area contributed by atoms with Crippen molar-refractivity contribution in [2.24, 2.45) is 5.73 Å². The van der Waals surface area contributed by atoms with Gasteiger partial charge >= 0.3 is 12.3 Å². The maximum atomic E-state index is 14.2. The number of carbonyl (C=O) groups is 1. The molecule has 2 aliphatic heterocycles. The maximum Gasteiger partial charge on any atom is 0.417 e. The second-order valence-electron chi connectivity index (χ2n) is 8.96. The Morgan fingerprint density at radius 3 is 2.62 bits per heavy atom. The molecule has 0 aromatic carbocycles. The predicted octanol–water partition coefficient (Wildman–Crippen LogP) is 1.82. The lowest BCUT2D eigenvalue weighted by atomic mass is 10.0. The van der Waals surface area contributed by atoms with Crippen LogP contribution in [0.25, 0.3) is 16.9 Å². The quantitative estimate of drug-likeness (QED) is 0.519. The van der Waals surface area contributed by atoms with Crippen LogP contribution in [0.1, 0.15) is 16.7 Å². The first-order valence-electron chi connectivity index (χ1n) is 11.9. The van der Waals surface area contributed by atoms with Crippen LogP contribution >= 0.6 is 0 Å². The largest absolute Gasteiger partial charge is 0.417 e. The fourth-order valence-electron chi connectivity index (χ4n) is 4.70. The lowest BCUT2D eigenvalue weighted by Gasteiger charge is -2.28. The number of morpholine rings is 1. The summed E-state index contributed by atoms with van der Waals surface area (Å²) < 4.78 is 54.5. The van der Waals surface area contributed by atoms with Crippen LogP contribution in [0, 0.1) is 6.92 Å². The van der Waals surface area contributed by atoms with E-state index in [9.17, 15) is 18.0 Å². The molecule has 11 nitrogen and oxygen atoms in total. The summed E-state index contributed by atoms with van der Waals surface area (Å²) in [6.07, 6.45) is -3.26. The molecule has 1 amide bonds. The van der Waals surface area contributed by atoms with Crippen molar-refractivity contribution >= 4 is 17.4 Å². The minimum absolute atomic E-state index is 0.146. The summed E-state index contributed by atoms with van der Waals surface area (Å²) in [5, 5.41) is 7.79. The van der Waals surface area contributed by atoms with Crippen LogP contribution in [0.15, 0.2) is 18.5 Å². The average molecular weight is 521 g/mol. The van der Waals surface area contributed by atoms with Gasteiger partial charge in [0.25, 0.3) is 0 Å². The Balaban J connectivity index is 1.64.